The van der Waals surface area contributed by atoms with Gasteiger partial charge in [-0.15, -0.1) is 24.8 Å². The lowest BCUT2D eigenvalue weighted by Crippen LogP contribution is -2.48. The van der Waals surface area contributed by atoms with Crippen LogP contribution in [-0.4, -0.2) is 52.6 Å². The van der Waals surface area contributed by atoms with Crippen molar-refractivity contribution in [3.63, 3.8) is 0 Å². The Kier molecular flexibility index (Phi) is 6.97. The molecule has 1 unspecified atom stereocenters. The Hall–Kier alpha value is -2.61. The highest BCUT2D eigenvalue weighted by Crippen LogP contribution is 2.44. The second kappa shape index (κ2) is 9.47. The number of nitrogens with zero attached hydrogens (tertiary/aromatic N) is 3. The number of aromatic nitrogens is 3. The molecule has 1 aliphatic carbocycles. The first-order valence-corrected chi connectivity index (χ1v) is 9.50. The van der Waals surface area contributed by atoms with E-state index in [1.54, 1.807) is 11.1 Å². The van der Waals surface area contributed by atoms with Crippen molar-refractivity contribution in [1.82, 2.24) is 25.6 Å². The lowest BCUT2D eigenvalue weighted by Gasteiger charge is -2.32. The van der Waals surface area contributed by atoms with Gasteiger partial charge in [0.1, 0.15) is 12.3 Å². The van der Waals surface area contributed by atoms with Crippen LogP contribution in [0.4, 0.5) is 4.79 Å². The molecule has 1 aromatic heterocycles. The zero-order chi connectivity index (χ0) is 18.9. The van der Waals surface area contributed by atoms with Crippen molar-refractivity contribution < 1.29 is 9.53 Å². The first-order chi connectivity index (χ1) is 13.8. The molecule has 0 saturated carbocycles. The topological polar surface area (TPSA) is 83.1 Å². The maximum Gasteiger partial charge on any atom is 0.409 e. The van der Waals surface area contributed by atoms with Crippen LogP contribution in [0.15, 0.2) is 54.7 Å². The molecule has 2 heterocycles. The van der Waals surface area contributed by atoms with Crippen molar-refractivity contribution in [2.75, 3.05) is 26.2 Å². The van der Waals surface area contributed by atoms with Crippen LogP contribution in [0.3, 0.4) is 0 Å². The van der Waals surface area contributed by atoms with E-state index in [-0.39, 0.29) is 42.9 Å². The first-order valence-electron chi connectivity index (χ1n) is 9.50. The third-order valence-electron chi connectivity index (χ3n) is 5.56. The summed E-state index contributed by atoms with van der Waals surface area (Å²) in [5.41, 5.74) is 5.70. The van der Waals surface area contributed by atoms with Gasteiger partial charge in [-0.1, -0.05) is 48.5 Å². The molecule has 1 fully saturated rings. The minimum atomic E-state index is -0.281. The van der Waals surface area contributed by atoms with Crippen LogP contribution in [0.2, 0.25) is 0 Å². The average Bonchev–Trinajstić information content (AvgIpc) is 3.39. The van der Waals surface area contributed by atoms with Gasteiger partial charge in [0.05, 0.1) is 12.2 Å². The second-order valence-electron chi connectivity index (χ2n) is 7.15. The highest BCUT2D eigenvalue weighted by molar-refractivity contribution is 5.85. The molecule has 1 aliphatic heterocycles. The number of benzene rings is 2. The quantitative estimate of drug-likeness (QED) is 0.641. The number of hydrogen-bond donors (Lipinski definition) is 2. The molecule has 0 bridgehead atoms. The van der Waals surface area contributed by atoms with Gasteiger partial charge in [-0.3, -0.25) is 0 Å². The number of fused-ring (bicyclic) bond motifs is 3. The number of H-pyrrole nitrogens is 1. The summed E-state index contributed by atoms with van der Waals surface area (Å²) >= 11 is 0. The molecular formula is C21H23Cl2N5O2. The van der Waals surface area contributed by atoms with Gasteiger partial charge in [0.2, 0.25) is 0 Å². The average molecular weight is 448 g/mol. The molecule has 2 aliphatic rings. The maximum atomic E-state index is 12.7. The first kappa shape index (κ1) is 22.1. The van der Waals surface area contributed by atoms with E-state index in [2.05, 4.69) is 57.1 Å². The summed E-state index contributed by atoms with van der Waals surface area (Å²) in [4.78, 5) is 14.5. The fraction of sp³-hybridized carbons (Fsp3) is 0.286. The lowest BCUT2D eigenvalue weighted by molar-refractivity contribution is 0.0880. The molecule has 30 heavy (non-hydrogen) atoms. The summed E-state index contributed by atoms with van der Waals surface area (Å²) in [6.45, 7) is 2.17. The third kappa shape index (κ3) is 4.01. The van der Waals surface area contributed by atoms with Crippen LogP contribution in [0.1, 0.15) is 28.8 Å². The molecule has 2 aromatic carbocycles. The van der Waals surface area contributed by atoms with Crippen molar-refractivity contribution in [2.45, 2.75) is 12.0 Å². The molecule has 9 heteroatoms. The van der Waals surface area contributed by atoms with E-state index in [1.807, 2.05) is 12.1 Å². The Morgan fingerprint density at radius 2 is 1.73 bits per heavy atom. The highest BCUT2D eigenvalue weighted by atomic mass is 35.5. The minimum absolute atomic E-state index is 0. The zero-order valence-electron chi connectivity index (χ0n) is 16.2. The number of hydrogen-bond acceptors (Lipinski definition) is 5. The van der Waals surface area contributed by atoms with Crippen molar-refractivity contribution in [3.8, 4) is 11.1 Å². The number of aromatic amines is 1. The summed E-state index contributed by atoms with van der Waals surface area (Å²) < 4.78 is 5.76. The van der Waals surface area contributed by atoms with Crippen LogP contribution >= 0.6 is 24.8 Å². The number of carbonyl (C=O) groups is 1. The number of carbonyl (C=O) groups excluding carboxylic acids is 1. The Morgan fingerprint density at radius 3 is 2.37 bits per heavy atom. The summed E-state index contributed by atoms with van der Waals surface area (Å²) in [6, 6.07) is 16.7. The monoisotopic (exact) mass is 447 g/mol. The molecule has 3 aromatic rings. The molecule has 7 nitrogen and oxygen atoms in total. The summed E-state index contributed by atoms with van der Waals surface area (Å²) in [5.74, 6) is 0.0746. The van der Waals surface area contributed by atoms with E-state index in [0.717, 1.165) is 5.69 Å². The molecule has 158 valence electrons. The van der Waals surface area contributed by atoms with E-state index >= 15 is 0 Å². The number of rotatable bonds is 3. The van der Waals surface area contributed by atoms with E-state index in [0.29, 0.717) is 26.2 Å². The Bertz CT molecular complexity index is 953. The van der Waals surface area contributed by atoms with Gasteiger partial charge >= 0.3 is 6.09 Å². The van der Waals surface area contributed by atoms with Crippen LogP contribution in [0.25, 0.3) is 11.1 Å². The predicted octanol–water partition coefficient (Wildman–Crippen LogP) is 3.54. The van der Waals surface area contributed by atoms with Crippen LogP contribution in [-0.2, 0) is 4.74 Å². The predicted molar refractivity (Wildman–Crippen MR) is 118 cm³/mol. The number of halogens is 2. The fourth-order valence-electron chi connectivity index (χ4n) is 4.18. The number of amides is 1. The van der Waals surface area contributed by atoms with E-state index in [4.69, 9.17) is 4.74 Å². The van der Waals surface area contributed by atoms with E-state index in [9.17, 15) is 4.79 Å². The summed E-state index contributed by atoms with van der Waals surface area (Å²) in [7, 11) is 0. The molecule has 2 N–H and O–H groups in total. The maximum absolute atomic E-state index is 12.7. The molecule has 1 atom stereocenters. The SMILES string of the molecule is Cl.Cl.O=C(OCC1c2ccccc2-c2ccccc21)N1CCNC(c2cn[nH]n2)C1. The molecule has 5 rings (SSSR count). The molecule has 0 spiro atoms. The summed E-state index contributed by atoms with van der Waals surface area (Å²) in [6.07, 6.45) is 1.40. The van der Waals surface area contributed by atoms with Crippen LogP contribution in [0.5, 0.6) is 0 Å². The standard InChI is InChI=1S/C21H21N5O2.2ClH/c27-21(26-10-9-22-20(12-26)19-11-23-25-24-19)28-13-18-16-7-3-1-5-14(16)15-6-2-4-8-17(15)18;;/h1-8,11,18,20,22H,9-10,12-13H2,(H,23,24,25);2*1H. The van der Waals surface area contributed by atoms with E-state index < -0.39 is 0 Å². The summed E-state index contributed by atoms with van der Waals surface area (Å²) in [5, 5.41) is 13.9. The van der Waals surface area contributed by atoms with Gasteiger partial charge in [0.15, 0.2) is 0 Å². The number of piperazine rings is 1. The molecule has 0 radical (unpaired) electrons. The largest absolute Gasteiger partial charge is 0.448 e. The molecule has 1 amide bonds. The van der Waals surface area contributed by atoms with Crippen molar-refractivity contribution >= 4 is 30.9 Å². The molecular weight excluding hydrogens is 425 g/mol. The third-order valence-corrected chi connectivity index (χ3v) is 5.56. The van der Waals surface area contributed by atoms with Gasteiger partial charge in [-0.2, -0.15) is 15.4 Å². The van der Waals surface area contributed by atoms with Crippen molar-refractivity contribution in [2.24, 2.45) is 0 Å². The fourth-order valence-corrected chi connectivity index (χ4v) is 4.18. The Morgan fingerprint density at radius 1 is 1.07 bits per heavy atom. The van der Waals surface area contributed by atoms with Gasteiger partial charge < -0.3 is 15.0 Å². The smallest absolute Gasteiger partial charge is 0.409 e. The Labute approximate surface area is 187 Å². The van der Waals surface area contributed by atoms with Gasteiger partial charge in [0, 0.05) is 25.6 Å². The van der Waals surface area contributed by atoms with E-state index in [1.165, 1.54) is 22.3 Å². The molecule has 1 saturated heterocycles. The van der Waals surface area contributed by atoms with Gasteiger partial charge in [-0.25, -0.2) is 4.79 Å². The number of ether oxygens (including phenoxy) is 1. The lowest BCUT2D eigenvalue weighted by atomic mass is 9.98. The minimum Gasteiger partial charge on any atom is -0.448 e. The number of nitrogens with one attached hydrogen (secondary N) is 2. The van der Waals surface area contributed by atoms with Gasteiger partial charge in [0.25, 0.3) is 0 Å². The second-order valence-corrected chi connectivity index (χ2v) is 7.15. The zero-order valence-corrected chi connectivity index (χ0v) is 17.8. The van der Waals surface area contributed by atoms with Gasteiger partial charge in [-0.05, 0) is 22.3 Å². The van der Waals surface area contributed by atoms with Crippen molar-refractivity contribution in [3.05, 3.63) is 71.5 Å². The normalized spacial score (nSPS) is 17.3. The Balaban J connectivity index is 0.00000128. The highest BCUT2D eigenvalue weighted by Gasteiger charge is 2.31. The van der Waals surface area contributed by atoms with Crippen LogP contribution < -0.4 is 5.32 Å². The van der Waals surface area contributed by atoms with Crippen molar-refractivity contribution in [1.29, 1.82) is 0 Å². The van der Waals surface area contributed by atoms with Crippen LogP contribution in [0, 0.1) is 0 Å².